The smallest absolute Gasteiger partial charge is 0.351 e. The Bertz CT molecular complexity index is 1620. The zero-order chi connectivity index (χ0) is 31.3. The highest BCUT2D eigenvalue weighted by molar-refractivity contribution is 5.93. The summed E-state index contributed by atoms with van der Waals surface area (Å²) in [6.45, 7) is 8.71. The van der Waals surface area contributed by atoms with Gasteiger partial charge < -0.3 is 28.1 Å². The average molecular weight is 626 g/mol. The molecule has 4 saturated heterocycles. The van der Waals surface area contributed by atoms with E-state index in [1.165, 1.54) is 6.07 Å². The van der Waals surface area contributed by atoms with E-state index in [0.29, 0.717) is 41.6 Å². The molecule has 0 N–H and O–H groups in total. The van der Waals surface area contributed by atoms with Crippen LogP contribution in [0.5, 0.6) is 5.75 Å². The first-order valence-electron chi connectivity index (χ1n) is 15.8. The Morgan fingerprint density at radius 1 is 1.13 bits per heavy atom. The summed E-state index contributed by atoms with van der Waals surface area (Å²) in [6, 6.07) is 6.46. The first-order valence-corrected chi connectivity index (χ1v) is 15.8. The highest BCUT2D eigenvalue weighted by Crippen LogP contribution is 2.60. The number of esters is 1. The molecule has 45 heavy (non-hydrogen) atoms. The van der Waals surface area contributed by atoms with Crippen LogP contribution in [-0.4, -0.2) is 58.1 Å². The summed E-state index contributed by atoms with van der Waals surface area (Å²) in [7, 11) is 0. The molecule has 1 aliphatic carbocycles. The second kappa shape index (κ2) is 11.8. The largest absolute Gasteiger partial charge is 0.471 e. The molecule has 0 amide bonds. The number of carbonyl (C=O) groups is 1. The van der Waals surface area contributed by atoms with Gasteiger partial charge in [-0.25, -0.2) is 24.0 Å². The third kappa shape index (κ3) is 5.44. The number of carbonyl (C=O) groups excluding carboxylic acids is 1. The molecule has 13 nitrogen and oxygen atoms in total. The fourth-order valence-electron chi connectivity index (χ4n) is 7.53. The van der Waals surface area contributed by atoms with Crippen molar-refractivity contribution in [3.8, 4) is 5.75 Å². The molecule has 242 valence electrons. The van der Waals surface area contributed by atoms with Crippen molar-refractivity contribution in [3.63, 3.8) is 0 Å². The number of aromatic nitrogens is 3. The lowest BCUT2D eigenvalue weighted by molar-refractivity contribution is -0.577. The van der Waals surface area contributed by atoms with Gasteiger partial charge in [0, 0.05) is 36.1 Å². The zero-order valence-corrected chi connectivity index (χ0v) is 25.9. The predicted molar refractivity (Wildman–Crippen MR) is 156 cm³/mol. The summed E-state index contributed by atoms with van der Waals surface area (Å²) < 4.78 is 36.9. The topological polar surface area (TPSA) is 143 Å². The first kappa shape index (κ1) is 30.3. The molecule has 1 aromatic carbocycles. The summed E-state index contributed by atoms with van der Waals surface area (Å²) in [5, 5.41) is 8.99. The average Bonchev–Trinajstić information content (AvgIpc) is 3.35. The molecule has 3 aromatic rings. The number of benzene rings is 1. The molecule has 4 aliphatic heterocycles. The molecule has 6 heterocycles. The Morgan fingerprint density at radius 3 is 2.84 bits per heavy atom. The van der Waals surface area contributed by atoms with Crippen LogP contribution < -0.4 is 10.4 Å². The maximum Gasteiger partial charge on any atom is 0.351 e. The van der Waals surface area contributed by atoms with Crippen LogP contribution >= 0.6 is 0 Å². The molecule has 2 bridgehead atoms. The fraction of sp³-hybridized carbons (Fsp3) is 0.625. The van der Waals surface area contributed by atoms with Crippen molar-refractivity contribution in [3.05, 3.63) is 52.1 Å². The van der Waals surface area contributed by atoms with E-state index in [9.17, 15) is 9.59 Å². The van der Waals surface area contributed by atoms with Gasteiger partial charge in [-0.05, 0) is 63.1 Å². The van der Waals surface area contributed by atoms with Gasteiger partial charge in [0.1, 0.15) is 16.9 Å². The number of hydrogen-bond acceptors (Lipinski definition) is 12. The van der Waals surface area contributed by atoms with Crippen molar-refractivity contribution in [1.29, 1.82) is 0 Å². The number of nitrogens with zero attached hydrogens (tertiary/aromatic N) is 3. The van der Waals surface area contributed by atoms with Gasteiger partial charge in [0.05, 0.1) is 25.1 Å². The Hall–Kier alpha value is -3.36. The van der Waals surface area contributed by atoms with Crippen LogP contribution in [0.4, 0.5) is 0 Å². The van der Waals surface area contributed by atoms with Gasteiger partial charge in [0.2, 0.25) is 5.79 Å². The standard InChI is InChI=1S/C32H39N3O10/c1-5-38-27(36)23-14-20-7-8-22(15-26(20)41-28(23)37)40-17-35-16-21(33-34-35)11-13-39-29-19(3)25-9-6-18(2)24-10-12-31(4)43-30(42-29)32(24,25)45-44-31/h7-8,14-16,18-19,24-25,29-30H,5-6,9-13,17H2,1-4H3/t18-,19-,24+,25+,29+,30-,31-,32-/m1/s1. The molecule has 0 radical (unpaired) electrons. The summed E-state index contributed by atoms with van der Waals surface area (Å²) in [4.78, 5) is 36.4. The van der Waals surface area contributed by atoms with Crippen LogP contribution in [0.3, 0.4) is 0 Å². The van der Waals surface area contributed by atoms with Crippen molar-refractivity contribution in [1.82, 2.24) is 15.0 Å². The zero-order valence-electron chi connectivity index (χ0n) is 25.9. The summed E-state index contributed by atoms with van der Waals surface area (Å²) in [6.07, 6.45) is 5.25. The molecule has 1 spiro atoms. The van der Waals surface area contributed by atoms with E-state index < -0.39 is 35.6 Å². The molecule has 8 atom stereocenters. The van der Waals surface area contributed by atoms with E-state index in [2.05, 4.69) is 24.2 Å². The lowest BCUT2D eigenvalue weighted by Crippen LogP contribution is -2.70. The minimum atomic E-state index is -0.822. The van der Waals surface area contributed by atoms with Crippen LogP contribution in [0.2, 0.25) is 0 Å². The van der Waals surface area contributed by atoms with Gasteiger partial charge in [-0.3, -0.25) is 0 Å². The maximum absolute atomic E-state index is 12.3. The molecule has 13 heteroatoms. The summed E-state index contributed by atoms with van der Waals surface area (Å²) in [5.41, 5.74) is -0.490. The molecule has 0 unspecified atom stereocenters. The molecule has 8 rings (SSSR count). The Labute approximate surface area is 259 Å². The minimum Gasteiger partial charge on any atom is -0.471 e. The Morgan fingerprint density at radius 2 is 2.00 bits per heavy atom. The molecule has 1 saturated carbocycles. The SMILES string of the molecule is CCOC(=O)c1cc2ccc(OCn3cc(CCO[C@H]4O[C@@H]5O[C@@]6(C)CC[C@H]7[C@H](C)CC[C@@H]([C@H]4C)[C@@]57OO6)nn3)cc2oc1=O. The Kier molecular flexibility index (Phi) is 7.93. The second-order valence-corrected chi connectivity index (χ2v) is 12.8. The van der Waals surface area contributed by atoms with E-state index in [1.54, 1.807) is 36.0 Å². The first-order chi connectivity index (χ1) is 21.7. The van der Waals surface area contributed by atoms with Gasteiger partial charge >= 0.3 is 11.6 Å². The number of rotatable bonds is 9. The summed E-state index contributed by atoms with van der Waals surface area (Å²) >= 11 is 0. The highest BCUT2D eigenvalue weighted by atomic mass is 17.3. The lowest BCUT2D eigenvalue weighted by atomic mass is 9.58. The molecule has 5 fully saturated rings. The van der Waals surface area contributed by atoms with Crippen LogP contribution in [0.25, 0.3) is 11.0 Å². The second-order valence-electron chi connectivity index (χ2n) is 12.8. The van der Waals surface area contributed by atoms with E-state index in [4.69, 9.17) is 37.9 Å². The van der Waals surface area contributed by atoms with Gasteiger partial charge in [-0.1, -0.05) is 19.1 Å². The van der Waals surface area contributed by atoms with Crippen molar-refractivity contribution < 1.29 is 42.7 Å². The number of fused-ring (bicyclic) bond motifs is 3. The quantitative estimate of drug-likeness (QED) is 0.189. The maximum atomic E-state index is 12.3. The third-order valence-electron chi connectivity index (χ3n) is 9.89. The van der Waals surface area contributed by atoms with Crippen molar-refractivity contribution in [2.75, 3.05) is 13.2 Å². The number of hydrogen-bond donors (Lipinski definition) is 0. The van der Waals surface area contributed by atoms with Crippen LogP contribution in [0.15, 0.2) is 39.7 Å². The molecular formula is C32H39N3O10. The van der Waals surface area contributed by atoms with E-state index >= 15 is 0 Å². The molecule has 2 aromatic heterocycles. The van der Waals surface area contributed by atoms with E-state index in [1.807, 2.05) is 6.92 Å². The third-order valence-corrected chi connectivity index (χ3v) is 9.89. The monoisotopic (exact) mass is 625 g/mol. The molecule has 5 aliphatic rings. The van der Waals surface area contributed by atoms with Gasteiger partial charge in [0.25, 0.3) is 0 Å². The minimum absolute atomic E-state index is 0.0937. The van der Waals surface area contributed by atoms with E-state index in [0.717, 1.165) is 31.4 Å². The van der Waals surface area contributed by atoms with Gasteiger partial charge in [0.15, 0.2) is 24.9 Å². The van der Waals surface area contributed by atoms with Crippen LogP contribution in [0, 0.1) is 23.7 Å². The van der Waals surface area contributed by atoms with Crippen molar-refractivity contribution in [2.24, 2.45) is 23.7 Å². The van der Waals surface area contributed by atoms with Crippen molar-refractivity contribution in [2.45, 2.75) is 90.5 Å². The summed E-state index contributed by atoms with van der Waals surface area (Å²) in [5.74, 6) is 0.0360. The lowest BCUT2D eigenvalue weighted by Gasteiger charge is -2.60. The van der Waals surface area contributed by atoms with Gasteiger partial charge in [-0.15, -0.1) is 5.10 Å². The van der Waals surface area contributed by atoms with Crippen LogP contribution in [0.1, 0.15) is 69.4 Å². The van der Waals surface area contributed by atoms with Crippen molar-refractivity contribution >= 4 is 16.9 Å². The van der Waals surface area contributed by atoms with Crippen LogP contribution in [-0.2, 0) is 41.9 Å². The molecular weight excluding hydrogens is 586 g/mol. The Balaban J connectivity index is 0.949. The number of ether oxygens (including phenoxy) is 5. The predicted octanol–water partition coefficient (Wildman–Crippen LogP) is 4.36. The van der Waals surface area contributed by atoms with E-state index in [-0.39, 0.29) is 30.7 Å². The normalized spacial score (nSPS) is 33.9. The highest BCUT2D eigenvalue weighted by Gasteiger charge is 2.69. The van der Waals surface area contributed by atoms with Gasteiger partial charge in [-0.2, -0.15) is 0 Å². The fourth-order valence-corrected chi connectivity index (χ4v) is 7.53.